The molecule has 2 rings (SSSR count). The summed E-state index contributed by atoms with van der Waals surface area (Å²) in [5, 5.41) is 13.2. The van der Waals surface area contributed by atoms with Gasteiger partial charge < -0.3 is 15.2 Å². The molecule has 0 amide bonds. The molecule has 92 valence electrons. The lowest BCUT2D eigenvalue weighted by Crippen LogP contribution is -2.25. The second-order valence-electron chi connectivity index (χ2n) is 4.15. The minimum Gasteiger partial charge on any atom is -0.503 e. The largest absolute Gasteiger partial charge is 0.503 e. The Bertz CT molecular complexity index is 424. The van der Waals surface area contributed by atoms with Crippen molar-refractivity contribution >= 4 is 15.9 Å². The number of rotatable bonds is 4. The van der Waals surface area contributed by atoms with Gasteiger partial charge in [0, 0.05) is 12.6 Å². The van der Waals surface area contributed by atoms with Crippen molar-refractivity contribution < 1.29 is 9.84 Å². The normalized spacial score (nSPS) is 15.4. The van der Waals surface area contributed by atoms with E-state index in [-0.39, 0.29) is 5.75 Å². The molecule has 2 N–H and O–H groups in total. The van der Waals surface area contributed by atoms with Gasteiger partial charge in [-0.3, -0.25) is 0 Å². The van der Waals surface area contributed by atoms with E-state index < -0.39 is 0 Å². The third-order valence-corrected chi connectivity index (χ3v) is 3.52. The predicted molar refractivity (Wildman–Crippen MR) is 71.4 cm³/mol. The Kier molecular flexibility index (Phi) is 4.07. The van der Waals surface area contributed by atoms with Gasteiger partial charge >= 0.3 is 0 Å². The minimum atomic E-state index is 0.152. The van der Waals surface area contributed by atoms with Crippen LogP contribution in [0.3, 0.4) is 0 Å². The Morgan fingerprint density at radius 3 is 2.76 bits per heavy atom. The summed E-state index contributed by atoms with van der Waals surface area (Å²) in [4.78, 5) is 0. The molecule has 0 aromatic heterocycles. The number of aromatic hydroxyl groups is 1. The zero-order valence-electron chi connectivity index (χ0n) is 9.74. The fourth-order valence-corrected chi connectivity index (χ4v) is 2.42. The standard InChI is InChI=1S/C13H16BrNO2/c1-17-12-7-9(6-11(14)13(12)16)8-15-10-4-2-3-5-10/h2-3,6-7,10,15-16H,4-5,8H2,1H3. The summed E-state index contributed by atoms with van der Waals surface area (Å²) in [6, 6.07) is 4.30. The summed E-state index contributed by atoms with van der Waals surface area (Å²) < 4.78 is 5.78. The van der Waals surface area contributed by atoms with Crippen LogP contribution in [0.2, 0.25) is 0 Å². The van der Waals surface area contributed by atoms with E-state index in [2.05, 4.69) is 33.4 Å². The molecule has 0 saturated carbocycles. The van der Waals surface area contributed by atoms with Crippen molar-refractivity contribution in [3.8, 4) is 11.5 Å². The highest BCUT2D eigenvalue weighted by Crippen LogP contribution is 2.35. The second-order valence-corrected chi connectivity index (χ2v) is 5.00. The van der Waals surface area contributed by atoms with Gasteiger partial charge in [-0.15, -0.1) is 0 Å². The summed E-state index contributed by atoms with van der Waals surface area (Å²) in [7, 11) is 1.56. The molecule has 4 heteroatoms. The molecular formula is C13H16BrNO2. The molecule has 3 nitrogen and oxygen atoms in total. The molecule has 17 heavy (non-hydrogen) atoms. The number of halogens is 1. The number of phenols is 1. The lowest BCUT2D eigenvalue weighted by Gasteiger charge is -2.13. The molecule has 0 heterocycles. The minimum absolute atomic E-state index is 0.152. The van der Waals surface area contributed by atoms with E-state index >= 15 is 0 Å². The summed E-state index contributed by atoms with van der Waals surface area (Å²) in [5.74, 6) is 0.652. The lowest BCUT2D eigenvalue weighted by molar-refractivity contribution is 0.371. The van der Waals surface area contributed by atoms with Crippen LogP contribution < -0.4 is 10.1 Å². The first kappa shape index (κ1) is 12.5. The van der Waals surface area contributed by atoms with Gasteiger partial charge in [0.05, 0.1) is 11.6 Å². The molecule has 0 saturated heterocycles. The van der Waals surface area contributed by atoms with E-state index in [1.165, 1.54) is 0 Å². The van der Waals surface area contributed by atoms with Crippen LogP contribution in [0.15, 0.2) is 28.8 Å². The summed E-state index contributed by atoms with van der Waals surface area (Å²) >= 11 is 3.32. The van der Waals surface area contributed by atoms with Crippen LogP contribution in [0.1, 0.15) is 18.4 Å². The molecule has 1 aromatic carbocycles. The van der Waals surface area contributed by atoms with Gasteiger partial charge in [0.1, 0.15) is 0 Å². The van der Waals surface area contributed by atoms with Gasteiger partial charge in [-0.05, 0) is 46.5 Å². The number of nitrogens with one attached hydrogen (secondary N) is 1. The SMILES string of the molecule is COc1cc(CNC2CC=CC2)cc(Br)c1O. The first-order valence-electron chi connectivity index (χ1n) is 5.64. The van der Waals surface area contributed by atoms with E-state index in [0.717, 1.165) is 24.9 Å². The van der Waals surface area contributed by atoms with Crippen LogP contribution in [-0.4, -0.2) is 18.3 Å². The van der Waals surface area contributed by atoms with Gasteiger partial charge in [-0.25, -0.2) is 0 Å². The van der Waals surface area contributed by atoms with Crippen molar-refractivity contribution in [1.82, 2.24) is 5.32 Å². The summed E-state index contributed by atoms with van der Waals surface area (Å²) in [6.45, 7) is 0.779. The summed E-state index contributed by atoms with van der Waals surface area (Å²) in [5.41, 5.74) is 1.10. The number of ether oxygens (including phenoxy) is 1. The number of hydrogen-bond acceptors (Lipinski definition) is 3. The number of phenolic OH excluding ortho intramolecular Hbond substituents is 1. The maximum atomic E-state index is 9.70. The molecule has 0 aliphatic heterocycles. The molecule has 0 bridgehead atoms. The van der Waals surface area contributed by atoms with E-state index in [0.29, 0.717) is 16.3 Å². The average molecular weight is 298 g/mol. The van der Waals surface area contributed by atoms with Gasteiger partial charge in [-0.1, -0.05) is 12.2 Å². The Morgan fingerprint density at radius 2 is 2.12 bits per heavy atom. The highest BCUT2D eigenvalue weighted by atomic mass is 79.9. The Labute approximate surface area is 110 Å². The predicted octanol–water partition coefficient (Wildman–Crippen LogP) is 2.97. The average Bonchev–Trinajstić information content (AvgIpc) is 2.83. The van der Waals surface area contributed by atoms with Crippen LogP contribution in [0.5, 0.6) is 11.5 Å². The molecule has 0 radical (unpaired) electrons. The molecule has 0 spiro atoms. The van der Waals surface area contributed by atoms with Crippen LogP contribution in [0.4, 0.5) is 0 Å². The molecule has 1 aliphatic rings. The van der Waals surface area contributed by atoms with Gasteiger partial charge in [0.2, 0.25) is 0 Å². The molecule has 0 fully saturated rings. The summed E-state index contributed by atoms with van der Waals surface area (Å²) in [6.07, 6.45) is 6.59. The fourth-order valence-electron chi connectivity index (χ4n) is 1.93. The fraction of sp³-hybridized carbons (Fsp3) is 0.385. The number of hydrogen-bond donors (Lipinski definition) is 2. The monoisotopic (exact) mass is 297 g/mol. The Hall–Kier alpha value is -1.00. The number of methoxy groups -OCH3 is 1. The topological polar surface area (TPSA) is 41.5 Å². The third kappa shape index (κ3) is 3.01. The zero-order chi connectivity index (χ0) is 12.3. The molecule has 1 aromatic rings. The maximum Gasteiger partial charge on any atom is 0.172 e. The highest BCUT2D eigenvalue weighted by molar-refractivity contribution is 9.10. The van der Waals surface area contributed by atoms with E-state index in [1.54, 1.807) is 7.11 Å². The molecule has 1 aliphatic carbocycles. The van der Waals surface area contributed by atoms with Gasteiger partial charge in [-0.2, -0.15) is 0 Å². The maximum absolute atomic E-state index is 9.70. The molecule has 0 atom stereocenters. The zero-order valence-corrected chi connectivity index (χ0v) is 11.3. The Balaban J connectivity index is 2.02. The van der Waals surface area contributed by atoms with Gasteiger partial charge in [0.25, 0.3) is 0 Å². The van der Waals surface area contributed by atoms with Crippen molar-refractivity contribution in [1.29, 1.82) is 0 Å². The van der Waals surface area contributed by atoms with E-state index in [4.69, 9.17) is 4.74 Å². The van der Waals surface area contributed by atoms with Crippen LogP contribution in [-0.2, 0) is 6.54 Å². The lowest BCUT2D eigenvalue weighted by atomic mass is 10.1. The van der Waals surface area contributed by atoms with Crippen LogP contribution in [0.25, 0.3) is 0 Å². The van der Waals surface area contributed by atoms with Crippen molar-refractivity contribution in [3.05, 3.63) is 34.3 Å². The van der Waals surface area contributed by atoms with Crippen molar-refractivity contribution in [2.45, 2.75) is 25.4 Å². The van der Waals surface area contributed by atoms with Crippen LogP contribution >= 0.6 is 15.9 Å². The second kappa shape index (κ2) is 5.56. The van der Waals surface area contributed by atoms with Gasteiger partial charge in [0.15, 0.2) is 11.5 Å². The van der Waals surface area contributed by atoms with Crippen molar-refractivity contribution in [3.63, 3.8) is 0 Å². The van der Waals surface area contributed by atoms with Crippen molar-refractivity contribution in [2.24, 2.45) is 0 Å². The highest BCUT2D eigenvalue weighted by Gasteiger charge is 2.11. The quantitative estimate of drug-likeness (QED) is 0.840. The number of benzene rings is 1. The molecular weight excluding hydrogens is 282 g/mol. The van der Waals surface area contributed by atoms with Crippen molar-refractivity contribution in [2.75, 3.05) is 7.11 Å². The molecule has 0 unspecified atom stereocenters. The van der Waals surface area contributed by atoms with Crippen LogP contribution in [0, 0.1) is 0 Å². The third-order valence-electron chi connectivity index (χ3n) is 2.91. The van der Waals surface area contributed by atoms with E-state index in [1.807, 2.05) is 12.1 Å². The first-order chi connectivity index (χ1) is 8.20. The smallest absolute Gasteiger partial charge is 0.172 e. The first-order valence-corrected chi connectivity index (χ1v) is 6.43. The Morgan fingerprint density at radius 1 is 1.41 bits per heavy atom. The van der Waals surface area contributed by atoms with E-state index in [9.17, 15) is 5.11 Å².